The van der Waals surface area contributed by atoms with Crippen molar-refractivity contribution in [2.75, 3.05) is 6.61 Å². The Hall–Kier alpha value is 0.554. The lowest BCUT2D eigenvalue weighted by Crippen LogP contribution is -2.64. The number of carbonyl (C=O) groups excluding carboxylic acids is 1. The Morgan fingerprint density at radius 1 is 0.625 bits per heavy atom. The monoisotopic (exact) mass is 539 g/mol. The normalized spacial score (nSPS) is 18.2. The van der Waals surface area contributed by atoms with Crippen LogP contribution in [0.5, 0.6) is 0 Å². The van der Waals surface area contributed by atoms with Crippen LogP contribution in [0, 0.1) is 0 Å². The third-order valence-electron chi connectivity index (χ3n) is 3.96. The summed E-state index contributed by atoms with van der Waals surface area (Å²) in [6.07, 6.45) is -0.0822. The maximum absolute atomic E-state index is 12.4. The Morgan fingerprint density at radius 2 is 1.03 bits per heavy atom. The van der Waals surface area contributed by atoms with E-state index in [4.69, 9.17) is 17.7 Å². The molecule has 4 atom stereocenters. The van der Waals surface area contributed by atoms with E-state index >= 15 is 0 Å². The van der Waals surface area contributed by atoms with Crippen LogP contribution in [0.25, 0.3) is 0 Å². The molecule has 0 aromatic carbocycles. The van der Waals surface area contributed by atoms with Gasteiger partial charge in [-0.2, -0.15) is 0 Å². The molecule has 0 saturated carbocycles. The predicted octanol–water partition coefficient (Wildman–Crippen LogP) is 5.49. The molecule has 192 valence electrons. The number of hydrogen-bond donors (Lipinski definition) is 1. The van der Waals surface area contributed by atoms with Crippen LogP contribution in [-0.2, 0) is 22.5 Å². The molecule has 0 amide bonds. The Bertz CT molecular complexity index is 574. The fourth-order valence-corrected chi connectivity index (χ4v) is 8.40. The first-order chi connectivity index (χ1) is 13.9. The fourth-order valence-electron chi connectivity index (χ4n) is 3.19. The molecule has 32 heavy (non-hydrogen) atoms. The second-order valence-corrected chi connectivity index (χ2v) is 36.3. The second kappa shape index (κ2) is 12.0. The van der Waals surface area contributed by atoms with Crippen molar-refractivity contribution in [1.29, 1.82) is 0 Å². The summed E-state index contributed by atoms with van der Waals surface area (Å²) in [5, 5.41) is 0. The van der Waals surface area contributed by atoms with Gasteiger partial charge < -0.3 is 27.5 Å². The maximum atomic E-state index is 12.4. The molecule has 0 aliphatic heterocycles. The second-order valence-electron chi connectivity index (χ2n) is 13.6. The Morgan fingerprint density at radius 3 is 1.34 bits per heavy atom. The smallest absolute Gasteiger partial charge is 0.184 e. The van der Waals surface area contributed by atoms with Gasteiger partial charge in [0, 0.05) is 0 Å². The van der Waals surface area contributed by atoms with Crippen molar-refractivity contribution in [2.45, 2.75) is 123 Å². The van der Waals surface area contributed by atoms with Crippen LogP contribution in [0.2, 0.25) is 98.2 Å². The minimum atomic E-state index is -2.00. The molecule has 0 saturated heterocycles. The van der Waals surface area contributed by atoms with Crippen molar-refractivity contribution in [1.82, 2.24) is 4.98 Å². The van der Waals surface area contributed by atoms with E-state index in [1.165, 1.54) is 0 Å². The summed E-state index contributed by atoms with van der Waals surface area (Å²) >= 11 is 0. The first kappa shape index (κ1) is 32.6. The third kappa shape index (κ3) is 16.2. The molecule has 0 aliphatic carbocycles. The Kier molecular flexibility index (Phi) is 12.2. The van der Waals surface area contributed by atoms with Crippen molar-refractivity contribution in [2.24, 2.45) is 0 Å². The van der Waals surface area contributed by atoms with Crippen molar-refractivity contribution in [3.63, 3.8) is 0 Å². The van der Waals surface area contributed by atoms with Crippen LogP contribution in [-0.4, -0.2) is 78.8 Å². The minimum Gasteiger partial charge on any atom is -0.415 e. The van der Waals surface area contributed by atoms with Gasteiger partial charge in [0.25, 0.3) is 0 Å². The molecule has 0 radical (unpaired) electrons. The summed E-state index contributed by atoms with van der Waals surface area (Å²) < 4.78 is 26.6. The highest BCUT2D eigenvalue weighted by atomic mass is 28.4. The number of nitrogens with one attached hydrogen (secondary N) is 1. The molecule has 0 heterocycles. The van der Waals surface area contributed by atoms with Gasteiger partial charge >= 0.3 is 0 Å². The highest BCUT2D eigenvalue weighted by Gasteiger charge is 2.44. The average Bonchev–Trinajstić information content (AvgIpc) is 2.48. The van der Waals surface area contributed by atoms with Gasteiger partial charge in [-0.05, 0) is 78.6 Å². The summed E-state index contributed by atoms with van der Waals surface area (Å²) in [6.45, 7) is 33.2. The number of hydrogen-bond acceptors (Lipinski definition) is 6. The lowest BCUT2D eigenvalue weighted by molar-refractivity contribution is -0.115. The summed E-state index contributed by atoms with van der Waals surface area (Å²) in [4.78, 5) is 16.0. The van der Waals surface area contributed by atoms with E-state index in [1.54, 1.807) is 0 Å². The van der Waals surface area contributed by atoms with Crippen LogP contribution >= 0.6 is 0 Å². The first-order valence-corrected chi connectivity index (χ1v) is 29.0. The number of rotatable bonds is 15. The van der Waals surface area contributed by atoms with Gasteiger partial charge in [-0.15, -0.1) is 0 Å². The molecule has 0 bridgehead atoms. The molecule has 6 nitrogen and oxygen atoms in total. The molecular formula is C21H53NO5Si5. The van der Waals surface area contributed by atoms with Gasteiger partial charge in [0.15, 0.2) is 33.3 Å². The number of carbonyl (C=O) groups is 1. The van der Waals surface area contributed by atoms with E-state index in [-0.39, 0.29) is 12.2 Å². The standard InChI is InChI=1S/C21H53NO5Si5/c1-28(2,3)22-18(16-23)20(26-31(10,11)12)21(27-32(13,14)15)19(25-30(7,8)9)17-24-29(4,5)6/h16,18-22H,17H2,1-15H3/t18-,19+,20+,21-/m0/s1. The van der Waals surface area contributed by atoms with Gasteiger partial charge in [0.1, 0.15) is 14.5 Å². The molecule has 0 aromatic rings. The quantitative estimate of drug-likeness (QED) is 0.219. The van der Waals surface area contributed by atoms with E-state index in [9.17, 15) is 4.79 Å². The zero-order valence-electron chi connectivity index (χ0n) is 23.6. The predicted molar refractivity (Wildman–Crippen MR) is 150 cm³/mol. The molecule has 0 unspecified atom stereocenters. The first-order valence-electron chi connectivity index (χ1n) is 11.8. The Balaban J connectivity index is 6.51. The molecule has 11 heteroatoms. The summed E-state index contributed by atoms with van der Waals surface area (Å²) in [5.74, 6) is 0. The van der Waals surface area contributed by atoms with Crippen molar-refractivity contribution in [3.05, 3.63) is 0 Å². The molecule has 0 aliphatic rings. The van der Waals surface area contributed by atoms with Crippen LogP contribution in [0.4, 0.5) is 0 Å². The average molecular weight is 540 g/mol. The molecule has 0 aromatic heterocycles. The van der Waals surface area contributed by atoms with Gasteiger partial charge in [-0.1, -0.05) is 19.6 Å². The third-order valence-corrected chi connectivity index (χ3v) is 9.16. The topological polar surface area (TPSA) is 66.0 Å². The van der Waals surface area contributed by atoms with Crippen LogP contribution in [0.15, 0.2) is 0 Å². The van der Waals surface area contributed by atoms with Crippen LogP contribution in [0.3, 0.4) is 0 Å². The molecule has 1 N–H and O–H groups in total. The van der Waals surface area contributed by atoms with Gasteiger partial charge in [0.05, 0.1) is 31.0 Å². The van der Waals surface area contributed by atoms with Crippen LogP contribution < -0.4 is 4.98 Å². The van der Waals surface area contributed by atoms with Gasteiger partial charge in [-0.3, -0.25) is 0 Å². The van der Waals surface area contributed by atoms with E-state index in [1.807, 2.05) is 0 Å². The van der Waals surface area contributed by atoms with Gasteiger partial charge in [0.2, 0.25) is 0 Å². The molecular weight excluding hydrogens is 487 g/mol. The summed E-state index contributed by atoms with van der Waals surface area (Å²) in [7, 11) is -9.46. The largest absolute Gasteiger partial charge is 0.415 e. The van der Waals surface area contributed by atoms with Gasteiger partial charge in [-0.25, -0.2) is 0 Å². The van der Waals surface area contributed by atoms with E-state index in [0.29, 0.717) is 6.61 Å². The SMILES string of the molecule is C[Si](C)(C)N[C@@H](C=O)[C@@H](O[Si](C)(C)C)[C@@H](O[Si](C)(C)C)[C@@H](CO[Si](C)(C)C)O[Si](C)(C)C. The van der Waals surface area contributed by atoms with Crippen LogP contribution in [0.1, 0.15) is 0 Å². The maximum Gasteiger partial charge on any atom is 0.184 e. The zero-order valence-corrected chi connectivity index (χ0v) is 28.6. The highest BCUT2D eigenvalue weighted by Crippen LogP contribution is 2.26. The number of aldehydes is 1. The molecule has 0 rings (SSSR count). The lowest BCUT2D eigenvalue weighted by atomic mass is 10.0. The minimum absolute atomic E-state index is 0.285. The van der Waals surface area contributed by atoms with E-state index in [0.717, 1.165) is 6.29 Å². The fraction of sp³-hybridized carbons (Fsp3) is 0.952. The van der Waals surface area contributed by atoms with Crippen molar-refractivity contribution in [3.8, 4) is 0 Å². The Labute approximate surface area is 204 Å². The lowest BCUT2D eigenvalue weighted by Gasteiger charge is -2.45. The molecule has 0 fully saturated rings. The van der Waals surface area contributed by atoms with E-state index in [2.05, 4.69) is 103 Å². The highest BCUT2D eigenvalue weighted by molar-refractivity contribution is 6.74. The summed E-state index contributed by atoms with van der Waals surface area (Å²) in [6, 6.07) is -0.450. The van der Waals surface area contributed by atoms with E-state index < -0.39 is 53.7 Å². The van der Waals surface area contributed by atoms with Crippen molar-refractivity contribution < 1.29 is 22.5 Å². The zero-order chi connectivity index (χ0) is 25.8. The van der Waals surface area contributed by atoms with Crippen molar-refractivity contribution >= 4 is 47.8 Å². The summed E-state index contributed by atoms with van der Waals surface area (Å²) in [5.41, 5.74) is 0. The molecule has 0 spiro atoms.